The van der Waals surface area contributed by atoms with Crippen LogP contribution >= 0.6 is 15.9 Å². The molecule has 0 fully saturated rings. The maximum Gasteiger partial charge on any atom is 0.228 e. The molecule has 2 nitrogen and oxygen atoms in total. The average Bonchev–Trinajstić information content (AvgIpc) is 2.85. The van der Waals surface area contributed by atoms with Gasteiger partial charge in [0.15, 0.2) is 5.76 Å². The molecule has 1 aromatic heterocycles. The van der Waals surface area contributed by atoms with Crippen LogP contribution in [0.5, 0.6) is 0 Å². The van der Waals surface area contributed by atoms with E-state index >= 15 is 0 Å². The first-order chi connectivity index (χ1) is 9.70. The van der Waals surface area contributed by atoms with Gasteiger partial charge in [0.05, 0.1) is 0 Å². The van der Waals surface area contributed by atoms with Crippen molar-refractivity contribution >= 4 is 32.7 Å². The van der Waals surface area contributed by atoms with E-state index in [2.05, 4.69) is 15.9 Å². The van der Waals surface area contributed by atoms with Gasteiger partial charge in [-0.25, -0.2) is 0 Å². The van der Waals surface area contributed by atoms with E-state index in [0.717, 1.165) is 22.1 Å². The zero-order valence-electron chi connectivity index (χ0n) is 11.0. The number of alkyl halides is 1. The minimum Gasteiger partial charge on any atom is -0.452 e. The van der Waals surface area contributed by atoms with Crippen LogP contribution in [0.15, 0.2) is 52.9 Å². The molecule has 100 valence electrons. The maximum atomic E-state index is 12.6. The lowest BCUT2D eigenvalue weighted by Crippen LogP contribution is -2.02. The maximum absolute atomic E-state index is 12.6. The van der Waals surface area contributed by atoms with Crippen LogP contribution in [0.2, 0.25) is 0 Å². The van der Waals surface area contributed by atoms with Gasteiger partial charge < -0.3 is 4.42 Å². The standard InChI is InChI=1S/C17H13BrO2/c1-11-6-8-12(9-7-11)16(19)17-14(10-18)13-4-2-3-5-15(13)20-17/h2-9H,10H2,1H3. The summed E-state index contributed by atoms with van der Waals surface area (Å²) >= 11 is 3.45. The van der Waals surface area contributed by atoms with Crippen LogP contribution in [-0.4, -0.2) is 5.78 Å². The van der Waals surface area contributed by atoms with Gasteiger partial charge in [-0.3, -0.25) is 4.79 Å². The lowest BCUT2D eigenvalue weighted by atomic mass is 10.0. The molecule has 20 heavy (non-hydrogen) atoms. The van der Waals surface area contributed by atoms with Crippen molar-refractivity contribution in [3.8, 4) is 0 Å². The molecular weight excluding hydrogens is 316 g/mol. The van der Waals surface area contributed by atoms with E-state index in [4.69, 9.17) is 4.42 Å². The van der Waals surface area contributed by atoms with Crippen molar-refractivity contribution in [3.05, 3.63) is 71.0 Å². The molecule has 0 radical (unpaired) electrons. The Balaban J connectivity index is 2.13. The largest absolute Gasteiger partial charge is 0.452 e. The molecule has 0 aliphatic carbocycles. The fourth-order valence-corrected chi connectivity index (χ4v) is 2.81. The molecule has 0 amide bonds. The highest BCUT2D eigenvalue weighted by Gasteiger charge is 2.20. The predicted octanol–water partition coefficient (Wildman–Crippen LogP) is 4.87. The molecule has 1 heterocycles. The fraction of sp³-hybridized carbons (Fsp3) is 0.118. The topological polar surface area (TPSA) is 30.2 Å². The van der Waals surface area contributed by atoms with Gasteiger partial charge in [0.25, 0.3) is 0 Å². The van der Waals surface area contributed by atoms with E-state index in [1.54, 1.807) is 0 Å². The molecule has 3 aromatic rings. The smallest absolute Gasteiger partial charge is 0.228 e. The number of hydrogen-bond acceptors (Lipinski definition) is 2. The molecule has 0 spiro atoms. The predicted molar refractivity (Wildman–Crippen MR) is 83.5 cm³/mol. The third-order valence-electron chi connectivity index (χ3n) is 3.35. The summed E-state index contributed by atoms with van der Waals surface area (Å²) in [6.07, 6.45) is 0. The van der Waals surface area contributed by atoms with E-state index in [-0.39, 0.29) is 5.78 Å². The first kappa shape index (κ1) is 13.1. The lowest BCUT2D eigenvalue weighted by molar-refractivity contribution is 0.101. The normalized spacial score (nSPS) is 10.9. The van der Waals surface area contributed by atoms with Gasteiger partial charge in [0.2, 0.25) is 5.78 Å². The van der Waals surface area contributed by atoms with E-state index in [1.807, 2.05) is 55.5 Å². The Morgan fingerprint density at radius 3 is 2.50 bits per heavy atom. The highest BCUT2D eigenvalue weighted by molar-refractivity contribution is 9.08. The third kappa shape index (κ3) is 2.18. The molecule has 0 saturated carbocycles. The quantitative estimate of drug-likeness (QED) is 0.507. The number of rotatable bonds is 3. The van der Waals surface area contributed by atoms with Gasteiger partial charge in [0.1, 0.15) is 5.58 Å². The second kappa shape index (κ2) is 5.25. The summed E-state index contributed by atoms with van der Waals surface area (Å²) in [6.45, 7) is 2.00. The summed E-state index contributed by atoms with van der Waals surface area (Å²) in [7, 11) is 0. The first-order valence-electron chi connectivity index (χ1n) is 6.38. The van der Waals surface area contributed by atoms with Crippen molar-refractivity contribution in [1.82, 2.24) is 0 Å². The van der Waals surface area contributed by atoms with Gasteiger partial charge in [-0.15, -0.1) is 0 Å². The van der Waals surface area contributed by atoms with Crippen molar-refractivity contribution < 1.29 is 9.21 Å². The Hall–Kier alpha value is -1.87. The highest BCUT2D eigenvalue weighted by atomic mass is 79.9. The molecule has 0 N–H and O–H groups in total. The summed E-state index contributed by atoms with van der Waals surface area (Å²) in [6, 6.07) is 15.3. The SMILES string of the molecule is Cc1ccc(C(=O)c2oc3ccccc3c2CBr)cc1. The molecule has 0 unspecified atom stereocenters. The van der Waals surface area contributed by atoms with Crippen molar-refractivity contribution in [2.45, 2.75) is 12.3 Å². The molecule has 2 aromatic carbocycles. The summed E-state index contributed by atoms with van der Waals surface area (Å²) in [4.78, 5) is 12.6. The number of ketones is 1. The molecule has 0 bridgehead atoms. The molecule has 0 atom stereocenters. The molecular formula is C17H13BrO2. The number of halogens is 1. The van der Waals surface area contributed by atoms with Crippen LogP contribution in [0.3, 0.4) is 0 Å². The van der Waals surface area contributed by atoms with Gasteiger partial charge in [-0.2, -0.15) is 0 Å². The number of aryl methyl sites for hydroxylation is 1. The average molecular weight is 329 g/mol. The second-order valence-electron chi connectivity index (χ2n) is 4.73. The second-order valence-corrected chi connectivity index (χ2v) is 5.30. The van der Waals surface area contributed by atoms with Gasteiger partial charge in [-0.1, -0.05) is 64.0 Å². The number of fused-ring (bicyclic) bond motifs is 1. The third-order valence-corrected chi connectivity index (χ3v) is 3.91. The number of carbonyl (C=O) groups excluding carboxylic acids is 1. The van der Waals surface area contributed by atoms with Crippen molar-refractivity contribution in [1.29, 1.82) is 0 Å². The highest BCUT2D eigenvalue weighted by Crippen LogP contribution is 2.29. The van der Waals surface area contributed by atoms with Crippen molar-refractivity contribution in [2.75, 3.05) is 0 Å². The Bertz CT molecular complexity index is 769. The van der Waals surface area contributed by atoms with E-state index in [0.29, 0.717) is 16.7 Å². The van der Waals surface area contributed by atoms with Gasteiger partial charge in [0, 0.05) is 21.8 Å². The Morgan fingerprint density at radius 2 is 1.80 bits per heavy atom. The summed E-state index contributed by atoms with van der Waals surface area (Å²) in [5, 5.41) is 1.58. The van der Waals surface area contributed by atoms with E-state index in [1.165, 1.54) is 0 Å². The Morgan fingerprint density at radius 1 is 1.10 bits per heavy atom. The van der Waals surface area contributed by atoms with Crippen LogP contribution in [0, 0.1) is 6.92 Å². The first-order valence-corrected chi connectivity index (χ1v) is 7.50. The zero-order chi connectivity index (χ0) is 14.1. The molecule has 0 aliphatic rings. The van der Waals surface area contributed by atoms with Crippen LogP contribution in [0.25, 0.3) is 11.0 Å². The molecule has 3 heteroatoms. The molecule has 0 saturated heterocycles. The monoisotopic (exact) mass is 328 g/mol. The van der Waals surface area contributed by atoms with Crippen molar-refractivity contribution in [3.63, 3.8) is 0 Å². The number of hydrogen-bond donors (Lipinski definition) is 0. The van der Waals surface area contributed by atoms with Crippen LogP contribution < -0.4 is 0 Å². The van der Waals surface area contributed by atoms with Crippen LogP contribution in [0.4, 0.5) is 0 Å². The zero-order valence-corrected chi connectivity index (χ0v) is 12.6. The van der Waals surface area contributed by atoms with Gasteiger partial charge in [-0.05, 0) is 13.0 Å². The van der Waals surface area contributed by atoms with Gasteiger partial charge >= 0.3 is 0 Å². The van der Waals surface area contributed by atoms with Crippen LogP contribution in [0.1, 0.15) is 27.2 Å². The summed E-state index contributed by atoms with van der Waals surface area (Å²) in [5.41, 5.74) is 3.44. The molecule has 3 rings (SSSR count). The van der Waals surface area contributed by atoms with E-state index in [9.17, 15) is 4.79 Å². The molecule has 0 aliphatic heterocycles. The lowest BCUT2D eigenvalue weighted by Gasteiger charge is -2.00. The minimum absolute atomic E-state index is 0.0735. The van der Waals surface area contributed by atoms with E-state index < -0.39 is 0 Å². The number of benzene rings is 2. The Labute approximate surface area is 125 Å². The van der Waals surface area contributed by atoms with Crippen LogP contribution in [-0.2, 0) is 5.33 Å². The number of carbonyl (C=O) groups is 1. The summed E-state index contributed by atoms with van der Waals surface area (Å²) in [5.74, 6) is 0.350. The fourth-order valence-electron chi connectivity index (χ4n) is 2.25. The van der Waals surface area contributed by atoms with Crippen molar-refractivity contribution in [2.24, 2.45) is 0 Å². The Kier molecular flexibility index (Phi) is 3.45. The number of para-hydroxylation sites is 1. The summed E-state index contributed by atoms with van der Waals surface area (Å²) < 4.78 is 5.76. The minimum atomic E-state index is -0.0735. The number of furan rings is 1.